The minimum absolute atomic E-state index is 0.0538. The molecule has 0 unspecified atom stereocenters. The van der Waals surface area contributed by atoms with Crippen LogP contribution in [0, 0.1) is 6.92 Å². The normalized spacial score (nSPS) is 15.2. The van der Waals surface area contributed by atoms with Crippen LogP contribution in [0.5, 0.6) is 0 Å². The molecular formula is C15H14O2. The second-order valence-corrected chi connectivity index (χ2v) is 4.55. The molecule has 0 radical (unpaired) electrons. The van der Waals surface area contributed by atoms with Gasteiger partial charge < -0.3 is 4.42 Å². The molecule has 1 aliphatic rings. The number of allylic oxidation sites excluding steroid dienone is 2. The van der Waals surface area contributed by atoms with Crippen LogP contribution in [0.4, 0.5) is 0 Å². The molecular weight excluding hydrogens is 212 g/mol. The number of carbonyl (C=O) groups excluding carboxylic acids is 1. The second-order valence-electron chi connectivity index (χ2n) is 4.55. The van der Waals surface area contributed by atoms with E-state index in [1.807, 2.05) is 37.3 Å². The quantitative estimate of drug-likeness (QED) is 0.723. The Morgan fingerprint density at radius 3 is 2.94 bits per heavy atom. The number of furan rings is 1. The molecule has 1 aromatic heterocycles. The smallest absolute Gasteiger partial charge is 0.223 e. The van der Waals surface area contributed by atoms with Crippen molar-refractivity contribution in [1.29, 1.82) is 0 Å². The molecule has 0 fully saturated rings. The molecule has 2 heteroatoms. The first-order valence-corrected chi connectivity index (χ1v) is 5.98. The largest absolute Gasteiger partial charge is 0.452 e. The van der Waals surface area contributed by atoms with Gasteiger partial charge in [-0.1, -0.05) is 24.3 Å². The molecule has 0 bridgehead atoms. The van der Waals surface area contributed by atoms with Gasteiger partial charge in [0, 0.05) is 5.39 Å². The van der Waals surface area contributed by atoms with Gasteiger partial charge >= 0.3 is 0 Å². The fraction of sp³-hybridized carbons (Fsp3) is 0.267. The van der Waals surface area contributed by atoms with Gasteiger partial charge in [0.25, 0.3) is 0 Å². The zero-order valence-corrected chi connectivity index (χ0v) is 9.82. The third-order valence-electron chi connectivity index (χ3n) is 3.30. The molecule has 0 aliphatic heterocycles. The van der Waals surface area contributed by atoms with Crippen molar-refractivity contribution in [2.24, 2.45) is 0 Å². The van der Waals surface area contributed by atoms with Gasteiger partial charge in [0.15, 0.2) is 5.76 Å². The maximum atomic E-state index is 12.2. The highest BCUT2D eigenvalue weighted by molar-refractivity contribution is 6.09. The van der Waals surface area contributed by atoms with E-state index in [0.29, 0.717) is 5.76 Å². The summed E-state index contributed by atoms with van der Waals surface area (Å²) in [4.78, 5) is 12.2. The van der Waals surface area contributed by atoms with Gasteiger partial charge in [-0.05, 0) is 43.4 Å². The molecule has 0 saturated carbocycles. The van der Waals surface area contributed by atoms with Gasteiger partial charge in [-0.15, -0.1) is 0 Å². The fourth-order valence-corrected chi connectivity index (χ4v) is 2.36. The molecule has 1 heterocycles. The van der Waals surface area contributed by atoms with E-state index in [1.54, 1.807) is 0 Å². The first-order chi connectivity index (χ1) is 8.25. The van der Waals surface area contributed by atoms with E-state index in [0.717, 1.165) is 41.4 Å². The van der Waals surface area contributed by atoms with Crippen LogP contribution in [-0.4, -0.2) is 5.78 Å². The van der Waals surface area contributed by atoms with Crippen LogP contribution in [0.1, 0.15) is 35.4 Å². The maximum absolute atomic E-state index is 12.2. The summed E-state index contributed by atoms with van der Waals surface area (Å²) in [7, 11) is 0. The number of rotatable bonds is 2. The van der Waals surface area contributed by atoms with Crippen LogP contribution in [0.15, 0.2) is 40.3 Å². The highest BCUT2D eigenvalue weighted by Crippen LogP contribution is 2.27. The molecule has 2 aromatic rings. The lowest BCUT2D eigenvalue weighted by atomic mass is 10.1. The monoisotopic (exact) mass is 226 g/mol. The predicted octanol–water partition coefficient (Wildman–Crippen LogP) is 4.03. The first-order valence-electron chi connectivity index (χ1n) is 5.98. The average Bonchev–Trinajstić information content (AvgIpc) is 2.98. The molecule has 17 heavy (non-hydrogen) atoms. The van der Waals surface area contributed by atoms with Crippen molar-refractivity contribution < 1.29 is 9.21 Å². The molecule has 0 saturated heterocycles. The molecule has 2 nitrogen and oxygen atoms in total. The summed E-state index contributed by atoms with van der Waals surface area (Å²) in [6.07, 6.45) is 5.01. The Labute approximate surface area is 99.9 Å². The van der Waals surface area contributed by atoms with Gasteiger partial charge in [-0.25, -0.2) is 0 Å². The lowest BCUT2D eigenvalue weighted by molar-refractivity contribution is 0.100. The van der Waals surface area contributed by atoms with E-state index in [2.05, 4.69) is 0 Å². The molecule has 0 N–H and O–H groups in total. The van der Waals surface area contributed by atoms with Crippen molar-refractivity contribution in [2.75, 3.05) is 0 Å². The van der Waals surface area contributed by atoms with Gasteiger partial charge in [0.05, 0.1) is 0 Å². The van der Waals surface area contributed by atoms with Gasteiger partial charge in [-0.2, -0.15) is 0 Å². The highest BCUT2D eigenvalue weighted by atomic mass is 16.3. The lowest BCUT2D eigenvalue weighted by Gasteiger charge is -1.96. The number of aryl methyl sites for hydroxylation is 1. The number of ketones is 1. The SMILES string of the molecule is Cc1cccc2cc(C(=O)C3=CCCC3)oc12. The summed E-state index contributed by atoms with van der Waals surface area (Å²) >= 11 is 0. The Balaban J connectivity index is 2.06. The molecule has 1 aliphatic carbocycles. The van der Waals surface area contributed by atoms with E-state index in [1.165, 1.54) is 0 Å². The van der Waals surface area contributed by atoms with Crippen LogP contribution in [0.25, 0.3) is 11.0 Å². The van der Waals surface area contributed by atoms with E-state index in [9.17, 15) is 4.79 Å². The van der Waals surface area contributed by atoms with Crippen LogP contribution in [0.2, 0.25) is 0 Å². The standard InChI is InChI=1S/C15H14O2/c1-10-5-4-8-12-9-13(17-15(10)12)14(16)11-6-2-3-7-11/h4-6,8-9H,2-3,7H2,1H3. The predicted molar refractivity (Wildman–Crippen MR) is 67.2 cm³/mol. The molecule has 3 rings (SSSR count). The second kappa shape index (κ2) is 3.88. The van der Waals surface area contributed by atoms with Crippen molar-refractivity contribution in [3.8, 4) is 0 Å². The highest BCUT2D eigenvalue weighted by Gasteiger charge is 2.19. The Kier molecular flexibility index (Phi) is 2.36. The number of benzene rings is 1. The maximum Gasteiger partial charge on any atom is 0.223 e. The molecule has 0 atom stereocenters. The summed E-state index contributed by atoms with van der Waals surface area (Å²) < 4.78 is 5.68. The number of carbonyl (C=O) groups is 1. The lowest BCUT2D eigenvalue weighted by Crippen LogP contribution is -1.99. The van der Waals surface area contributed by atoms with Crippen LogP contribution in [0.3, 0.4) is 0 Å². The fourth-order valence-electron chi connectivity index (χ4n) is 2.36. The van der Waals surface area contributed by atoms with Crippen LogP contribution in [-0.2, 0) is 0 Å². The average molecular weight is 226 g/mol. The summed E-state index contributed by atoms with van der Waals surface area (Å²) in [5, 5.41) is 1.01. The zero-order valence-electron chi connectivity index (χ0n) is 9.82. The van der Waals surface area contributed by atoms with Gasteiger partial charge in [-0.3, -0.25) is 4.79 Å². The van der Waals surface area contributed by atoms with Crippen molar-refractivity contribution in [3.63, 3.8) is 0 Å². The van der Waals surface area contributed by atoms with Gasteiger partial charge in [0.1, 0.15) is 5.58 Å². The minimum atomic E-state index is 0.0538. The topological polar surface area (TPSA) is 30.2 Å². The van der Waals surface area contributed by atoms with E-state index < -0.39 is 0 Å². The molecule has 86 valence electrons. The number of para-hydroxylation sites is 1. The van der Waals surface area contributed by atoms with E-state index in [4.69, 9.17) is 4.42 Å². The van der Waals surface area contributed by atoms with Gasteiger partial charge in [0.2, 0.25) is 5.78 Å². The Bertz CT molecular complexity index is 617. The van der Waals surface area contributed by atoms with Crippen molar-refractivity contribution >= 4 is 16.8 Å². The summed E-state index contributed by atoms with van der Waals surface area (Å²) in [5.74, 6) is 0.528. The van der Waals surface area contributed by atoms with Crippen molar-refractivity contribution in [2.45, 2.75) is 26.2 Å². The zero-order chi connectivity index (χ0) is 11.8. The van der Waals surface area contributed by atoms with Crippen LogP contribution >= 0.6 is 0 Å². The number of Topliss-reactive ketones (excluding diaryl/α,β-unsaturated/α-hetero) is 1. The van der Waals surface area contributed by atoms with Crippen molar-refractivity contribution in [1.82, 2.24) is 0 Å². The molecule has 1 aromatic carbocycles. The van der Waals surface area contributed by atoms with Crippen LogP contribution < -0.4 is 0 Å². The summed E-state index contributed by atoms with van der Waals surface area (Å²) in [5.41, 5.74) is 2.80. The molecule has 0 amide bonds. The third kappa shape index (κ3) is 1.70. The Morgan fingerprint density at radius 1 is 1.35 bits per heavy atom. The third-order valence-corrected chi connectivity index (χ3v) is 3.30. The van der Waals surface area contributed by atoms with E-state index >= 15 is 0 Å². The summed E-state index contributed by atoms with van der Waals surface area (Å²) in [6, 6.07) is 7.81. The number of fused-ring (bicyclic) bond motifs is 1. The number of hydrogen-bond acceptors (Lipinski definition) is 2. The Morgan fingerprint density at radius 2 is 2.24 bits per heavy atom. The van der Waals surface area contributed by atoms with E-state index in [-0.39, 0.29) is 5.78 Å². The minimum Gasteiger partial charge on any atom is -0.452 e. The first kappa shape index (κ1) is 10.3. The Hall–Kier alpha value is -1.83. The number of hydrogen-bond donors (Lipinski definition) is 0. The summed E-state index contributed by atoms with van der Waals surface area (Å²) in [6.45, 7) is 1.99. The van der Waals surface area contributed by atoms with Crippen molar-refractivity contribution in [3.05, 3.63) is 47.2 Å². The molecule has 0 spiro atoms.